The lowest BCUT2D eigenvalue weighted by atomic mass is 10.1. The summed E-state index contributed by atoms with van der Waals surface area (Å²) >= 11 is 1.20. The van der Waals surface area contributed by atoms with Gasteiger partial charge in [0.2, 0.25) is 0 Å². The summed E-state index contributed by atoms with van der Waals surface area (Å²) in [6.45, 7) is 5.09. The molecule has 0 aliphatic heterocycles. The molecule has 1 rings (SSSR count). The topological polar surface area (TPSA) is 44.1 Å². The molecule has 0 atom stereocenters. The number of rotatable bonds is 4. The van der Waals surface area contributed by atoms with Crippen molar-refractivity contribution in [3.63, 3.8) is 0 Å². The van der Waals surface area contributed by atoms with E-state index < -0.39 is 11.7 Å². The van der Waals surface area contributed by atoms with Crippen molar-refractivity contribution in [2.45, 2.75) is 19.5 Å². The normalized spacial score (nSPS) is 16.6. The van der Waals surface area contributed by atoms with Crippen molar-refractivity contribution in [1.82, 2.24) is 0 Å². The largest absolute Gasteiger partial charge is 0.506 e. The first kappa shape index (κ1) is 17.4. The molecule has 21 heavy (non-hydrogen) atoms. The highest BCUT2D eigenvalue weighted by atomic mass is 32.2. The predicted octanol–water partition coefficient (Wildman–Crippen LogP) is 5.09. The highest BCUT2D eigenvalue weighted by Crippen LogP contribution is 2.33. The summed E-state index contributed by atoms with van der Waals surface area (Å²) in [5, 5.41) is 17.6. The Morgan fingerprint density at radius 3 is 2.43 bits per heavy atom. The molecule has 0 amide bonds. The zero-order valence-electron chi connectivity index (χ0n) is 11.7. The Morgan fingerprint density at radius 1 is 1.33 bits per heavy atom. The molecule has 0 bridgehead atoms. The molecule has 0 radical (unpaired) electrons. The molecule has 0 aromatic heterocycles. The van der Waals surface area contributed by atoms with Crippen LogP contribution in [0.4, 0.5) is 13.2 Å². The maximum Gasteiger partial charge on any atom is 0.416 e. The van der Waals surface area contributed by atoms with Gasteiger partial charge in [-0.15, -0.1) is 11.8 Å². The van der Waals surface area contributed by atoms with Crippen LogP contribution in [0.25, 0.3) is 0 Å². The molecule has 0 unspecified atom stereocenters. The number of halogens is 3. The van der Waals surface area contributed by atoms with Crippen LogP contribution in [-0.4, -0.2) is 23.3 Å². The lowest BCUT2D eigenvalue weighted by Gasteiger charge is -2.11. The van der Waals surface area contributed by atoms with Gasteiger partial charge in [0.1, 0.15) is 5.76 Å². The Morgan fingerprint density at radius 2 is 1.95 bits per heavy atom. The number of allylic oxidation sites excluding steroid dienone is 7. The van der Waals surface area contributed by atoms with Crippen LogP contribution in [0.1, 0.15) is 13.3 Å². The molecule has 1 aliphatic carbocycles. The number of aliphatic hydroxyl groups is 1. The van der Waals surface area contributed by atoms with Crippen molar-refractivity contribution >= 4 is 17.5 Å². The quantitative estimate of drug-likeness (QED) is 0.431. The minimum atomic E-state index is -4.39. The van der Waals surface area contributed by atoms with Crippen molar-refractivity contribution in [3.8, 4) is 0 Å². The van der Waals surface area contributed by atoms with E-state index in [-0.39, 0.29) is 23.5 Å². The summed E-state index contributed by atoms with van der Waals surface area (Å²) in [6.07, 6.45) is 2.43. The fraction of sp³-hybridized carbons (Fsp3) is 0.267. The second kappa shape index (κ2) is 6.85. The lowest BCUT2D eigenvalue weighted by Crippen LogP contribution is -2.09. The van der Waals surface area contributed by atoms with Gasteiger partial charge in [-0.25, -0.2) is 0 Å². The summed E-state index contributed by atoms with van der Waals surface area (Å²) < 4.78 is 38.0. The third-order valence-corrected chi connectivity index (χ3v) is 3.70. The lowest BCUT2D eigenvalue weighted by molar-refractivity contribution is -0.0883. The van der Waals surface area contributed by atoms with Crippen molar-refractivity contribution in [3.05, 3.63) is 58.3 Å². The summed E-state index contributed by atoms with van der Waals surface area (Å²) in [6, 6.07) is 0. The van der Waals surface area contributed by atoms with Crippen LogP contribution in [0.2, 0.25) is 0 Å². The summed E-state index contributed by atoms with van der Waals surface area (Å²) in [5.74, 6) is -0.179. The smallest absolute Gasteiger partial charge is 0.416 e. The highest BCUT2D eigenvalue weighted by Gasteiger charge is 2.31. The van der Waals surface area contributed by atoms with E-state index in [1.54, 1.807) is 12.3 Å². The third kappa shape index (κ3) is 4.39. The van der Waals surface area contributed by atoms with Gasteiger partial charge in [0.15, 0.2) is 0 Å². The summed E-state index contributed by atoms with van der Waals surface area (Å²) in [5.41, 5.74) is 0.0295. The average molecular weight is 315 g/mol. The van der Waals surface area contributed by atoms with Gasteiger partial charge in [0.05, 0.1) is 10.5 Å². The van der Waals surface area contributed by atoms with E-state index in [9.17, 15) is 18.3 Å². The number of hydrogen-bond donors (Lipinski definition) is 2. The Balaban J connectivity index is 3.17. The van der Waals surface area contributed by atoms with E-state index in [1.165, 1.54) is 24.8 Å². The van der Waals surface area contributed by atoms with Crippen molar-refractivity contribution in [1.29, 1.82) is 5.41 Å². The molecular weight excluding hydrogens is 299 g/mol. The zero-order chi connectivity index (χ0) is 16.2. The zero-order valence-corrected chi connectivity index (χ0v) is 12.5. The molecule has 114 valence electrons. The highest BCUT2D eigenvalue weighted by molar-refractivity contribution is 8.02. The molecule has 0 saturated heterocycles. The van der Waals surface area contributed by atoms with E-state index in [1.807, 2.05) is 0 Å². The predicted molar refractivity (Wildman–Crippen MR) is 81.7 cm³/mol. The first-order valence-corrected chi connectivity index (χ1v) is 7.29. The standard InChI is InChI=1S/C15H16F3NOS/c1-9(10(2)19)13(20)14(21-3)11-5-4-6-12(8-7-11)15(16,17)18/h5-8,19-20H,1,4H2,2-3H3/b14-13+,19-10?. The van der Waals surface area contributed by atoms with Gasteiger partial charge in [0.25, 0.3) is 0 Å². The van der Waals surface area contributed by atoms with Gasteiger partial charge >= 0.3 is 6.18 Å². The molecule has 2 N–H and O–H groups in total. The Bertz CT molecular complexity index is 580. The molecule has 6 heteroatoms. The van der Waals surface area contributed by atoms with Crippen LogP contribution in [0.15, 0.2) is 58.3 Å². The number of hydrogen-bond acceptors (Lipinski definition) is 3. The minimum Gasteiger partial charge on any atom is -0.506 e. The van der Waals surface area contributed by atoms with Crippen LogP contribution in [0.5, 0.6) is 0 Å². The van der Waals surface area contributed by atoms with Crippen LogP contribution in [0.3, 0.4) is 0 Å². The molecule has 0 fully saturated rings. The summed E-state index contributed by atoms with van der Waals surface area (Å²) in [4.78, 5) is 0.402. The van der Waals surface area contributed by atoms with E-state index >= 15 is 0 Å². The second-order valence-corrected chi connectivity index (χ2v) is 5.19. The van der Waals surface area contributed by atoms with Gasteiger partial charge in [-0.3, -0.25) is 0 Å². The van der Waals surface area contributed by atoms with Gasteiger partial charge in [0, 0.05) is 11.3 Å². The maximum atomic E-state index is 12.7. The van der Waals surface area contributed by atoms with Crippen molar-refractivity contribution in [2.75, 3.05) is 6.26 Å². The fourth-order valence-corrected chi connectivity index (χ4v) is 2.38. The van der Waals surface area contributed by atoms with Gasteiger partial charge in [-0.1, -0.05) is 24.8 Å². The van der Waals surface area contributed by atoms with Gasteiger partial charge in [-0.05, 0) is 31.2 Å². The molecular formula is C15H16F3NOS. The second-order valence-electron chi connectivity index (χ2n) is 4.37. The van der Waals surface area contributed by atoms with Crippen LogP contribution in [-0.2, 0) is 0 Å². The van der Waals surface area contributed by atoms with E-state index in [2.05, 4.69) is 6.58 Å². The third-order valence-electron chi connectivity index (χ3n) is 2.87. The van der Waals surface area contributed by atoms with Gasteiger partial charge in [-0.2, -0.15) is 13.2 Å². The molecule has 0 saturated carbocycles. The Hall–Kier alpha value is -1.69. The number of alkyl halides is 3. The van der Waals surface area contributed by atoms with E-state index in [0.29, 0.717) is 10.5 Å². The van der Waals surface area contributed by atoms with E-state index in [0.717, 1.165) is 12.2 Å². The molecule has 0 aromatic rings. The SMILES string of the molecule is C=C(C(C)=N)/C(O)=C(\SC)C1=CCC=C(C(F)(F)F)C=C1. The van der Waals surface area contributed by atoms with Crippen molar-refractivity contribution < 1.29 is 18.3 Å². The fourth-order valence-electron chi connectivity index (χ4n) is 1.67. The Labute approximate surface area is 125 Å². The molecule has 2 nitrogen and oxygen atoms in total. The summed E-state index contributed by atoms with van der Waals surface area (Å²) in [7, 11) is 0. The van der Waals surface area contributed by atoms with Gasteiger partial charge < -0.3 is 10.5 Å². The number of aliphatic hydroxyl groups excluding tert-OH is 1. The van der Waals surface area contributed by atoms with E-state index in [4.69, 9.17) is 5.41 Å². The first-order chi connectivity index (χ1) is 9.68. The van der Waals surface area contributed by atoms with Crippen LogP contribution >= 0.6 is 11.8 Å². The van der Waals surface area contributed by atoms with Crippen molar-refractivity contribution in [2.24, 2.45) is 0 Å². The molecule has 1 aliphatic rings. The number of thioether (sulfide) groups is 1. The molecule has 0 aromatic carbocycles. The minimum absolute atomic E-state index is 0.103. The maximum absolute atomic E-state index is 12.7. The average Bonchev–Trinajstić information content (AvgIpc) is 2.64. The number of nitrogens with one attached hydrogen (secondary N) is 1. The first-order valence-electron chi connectivity index (χ1n) is 6.06. The molecule has 0 heterocycles. The monoisotopic (exact) mass is 315 g/mol. The van der Waals surface area contributed by atoms with Crippen LogP contribution in [0, 0.1) is 5.41 Å². The Kier molecular flexibility index (Phi) is 5.66. The van der Waals surface area contributed by atoms with Crippen LogP contribution < -0.4 is 0 Å². The molecule has 0 spiro atoms.